The molecule has 0 saturated heterocycles. The summed E-state index contributed by atoms with van der Waals surface area (Å²) in [6.45, 7) is 5.80. The van der Waals surface area contributed by atoms with Gasteiger partial charge in [0.25, 0.3) is 10.0 Å². The molecule has 0 aliphatic rings. The van der Waals surface area contributed by atoms with Crippen LogP contribution in [0, 0.1) is 13.8 Å². The third-order valence-electron chi connectivity index (χ3n) is 7.32. The lowest BCUT2D eigenvalue weighted by Gasteiger charge is -2.34. The SMILES string of the molecule is CCCNC(=O)[C@@H](Cc1ccccc1)N(Cc1cccc(C)c1)C(=O)CN(c1ccccc1C)S(=O)(=O)c1ccc(Cl)cc1. The molecular formula is C35H38ClN3O4S. The van der Waals surface area contributed by atoms with Crippen LogP contribution in [0.1, 0.15) is 35.6 Å². The van der Waals surface area contributed by atoms with Crippen molar-refractivity contribution in [1.29, 1.82) is 0 Å². The molecule has 4 aromatic rings. The van der Waals surface area contributed by atoms with E-state index in [0.717, 1.165) is 27.4 Å². The summed E-state index contributed by atoms with van der Waals surface area (Å²) in [5, 5.41) is 3.36. The van der Waals surface area contributed by atoms with Crippen molar-refractivity contribution in [2.75, 3.05) is 17.4 Å². The lowest BCUT2D eigenvalue weighted by molar-refractivity contribution is -0.140. The van der Waals surface area contributed by atoms with Gasteiger partial charge in [0.2, 0.25) is 11.8 Å². The van der Waals surface area contributed by atoms with E-state index in [1.54, 1.807) is 25.1 Å². The Balaban J connectivity index is 1.80. The molecule has 230 valence electrons. The predicted molar refractivity (Wildman–Crippen MR) is 176 cm³/mol. The van der Waals surface area contributed by atoms with Crippen molar-refractivity contribution in [3.8, 4) is 0 Å². The molecule has 0 heterocycles. The number of carbonyl (C=O) groups is 2. The minimum Gasteiger partial charge on any atom is -0.354 e. The van der Waals surface area contributed by atoms with Gasteiger partial charge in [-0.15, -0.1) is 0 Å². The number of aryl methyl sites for hydroxylation is 2. The first-order valence-electron chi connectivity index (χ1n) is 14.6. The maximum absolute atomic E-state index is 14.5. The highest BCUT2D eigenvalue weighted by molar-refractivity contribution is 7.92. The molecule has 0 aliphatic heterocycles. The molecule has 0 unspecified atom stereocenters. The normalized spacial score (nSPS) is 11.9. The van der Waals surface area contributed by atoms with Crippen LogP contribution in [-0.4, -0.2) is 44.3 Å². The number of carbonyl (C=O) groups excluding carboxylic acids is 2. The Morgan fingerprint density at radius 2 is 1.50 bits per heavy atom. The summed E-state index contributed by atoms with van der Waals surface area (Å²) >= 11 is 6.06. The number of para-hydroxylation sites is 1. The summed E-state index contributed by atoms with van der Waals surface area (Å²) in [4.78, 5) is 29.7. The second kappa shape index (κ2) is 15.0. The summed E-state index contributed by atoms with van der Waals surface area (Å²) in [6.07, 6.45) is 0.998. The molecule has 0 fully saturated rings. The molecule has 2 amide bonds. The van der Waals surface area contributed by atoms with Crippen molar-refractivity contribution < 1.29 is 18.0 Å². The molecule has 0 bridgehead atoms. The highest BCUT2D eigenvalue weighted by Gasteiger charge is 2.35. The van der Waals surface area contributed by atoms with E-state index in [-0.39, 0.29) is 23.8 Å². The molecule has 1 N–H and O–H groups in total. The molecular weight excluding hydrogens is 594 g/mol. The number of hydrogen-bond donors (Lipinski definition) is 1. The third-order valence-corrected chi connectivity index (χ3v) is 9.35. The quantitative estimate of drug-likeness (QED) is 0.187. The molecule has 7 nitrogen and oxygen atoms in total. The highest BCUT2D eigenvalue weighted by atomic mass is 35.5. The van der Waals surface area contributed by atoms with Crippen LogP contribution >= 0.6 is 11.6 Å². The van der Waals surface area contributed by atoms with Crippen LogP contribution in [0.15, 0.2) is 108 Å². The standard InChI is InChI=1S/C35H38ClN3O4S/c1-4-21-37-35(41)33(23-28-13-6-5-7-14-28)38(24-29-15-10-11-26(2)22-29)34(40)25-39(32-16-9-8-12-27(32)3)44(42,43)31-19-17-30(36)18-20-31/h5-20,22,33H,4,21,23-25H2,1-3H3,(H,37,41)/t33-/m1/s1. The Morgan fingerprint density at radius 3 is 2.16 bits per heavy atom. The Labute approximate surface area is 265 Å². The lowest BCUT2D eigenvalue weighted by atomic mass is 10.0. The monoisotopic (exact) mass is 631 g/mol. The van der Waals surface area contributed by atoms with Gasteiger partial charge in [0.05, 0.1) is 10.6 Å². The van der Waals surface area contributed by atoms with Crippen LogP contribution in [0.4, 0.5) is 5.69 Å². The van der Waals surface area contributed by atoms with Crippen molar-refractivity contribution in [3.05, 3.63) is 130 Å². The number of halogens is 1. The van der Waals surface area contributed by atoms with Crippen LogP contribution in [0.25, 0.3) is 0 Å². The predicted octanol–water partition coefficient (Wildman–Crippen LogP) is 6.32. The minimum absolute atomic E-state index is 0.00436. The third kappa shape index (κ3) is 8.27. The van der Waals surface area contributed by atoms with Gasteiger partial charge in [0, 0.05) is 24.5 Å². The Morgan fingerprint density at radius 1 is 0.841 bits per heavy atom. The summed E-state index contributed by atoms with van der Waals surface area (Å²) < 4.78 is 29.4. The van der Waals surface area contributed by atoms with Gasteiger partial charge in [-0.2, -0.15) is 0 Å². The summed E-state index contributed by atoms with van der Waals surface area (Å²) in [5.41, 5.74) is 3.79. The van der Waals surface area contributed by atoms with E-state index in [0.29, 0.717) is 22.8 Å². The first-order valence-corrected chi connectivity index (χ1v) is 16.4. The zero-order valence-electron chi connectivity index (χ0n) is 25.2. The molecule has 4 aromatic carbocycles. The number of hydrogen-bond acceptors (Lipinski definition) is 4. The maximum Gasteiger partial charge on any atom is 0.264 e. The number of benzene rings is 4. The minimum atomic E-state index is -4.19. The molecule has 9 heteroatoms. The van der Waals surface area contributed by atoms with Gasteiger partial charge in [-0.3, -0.25) is 13.9 Å². The van der Waals surface area contributed by atoms with E-state index < -0.39 is 28.5 Å². The number of sulfonamides is 1. The largest absolute Gasteiger partial charge is 0.354 e. The average Bonchev–Trinajstić information content (AvgIpc) is 3.01. The van der Waals surface area contributed by atoms with Crippen molar-refractivity contribution in [2.24, 2.45) is 0 Å². The van der Waals surface area contributed by atoms with Gasteiger partial charge in [-0.1, -0.05) is 96.9 Å². The maximum atomic E-state index is 14.5. The fourth-order valence-electron chi connectivity index (χ4n) is 5.02. The number of nitrogens with zero attached hydrogens (tertiary/aromatic N) is 2. The lowest BCUT2D eigenvalue weighted by Crippen LogP contribution is -2.53. The fraction of sp³-hybridized carbons (Fsp3) is 0.257. The molecule has 4 rings (SSSR count). The summed E-state index contributed by atoms with van der Waals surface area (Å²) in [5.74, 6) is -0.792. The summed E-state index contributed by atoms with van der Waals surface area (Å²) in [6, 6.07) is 29.2. The molecule has 0 aliphatic carbocycles. The smallest absolute Gasteiger partial charge is 0.264 e. The second-order valence-corrected chi connectivity index (χ2v) is 13.1. The fourth-order valence-corrected chi connectivity index (χ4v) is 6.62. The van der Waals surface area contributed by atoms with E-state index in [4.69, 9.17) is 11.6 Å². The van der Waals surface area contributed by atoms with Gasteiger partial charge in [0.1, 0.15) is 12.6 Å². The van der Waals surface area contributed by atoms with Crippen LogP contribution in [0.5, 0.6) is 0 Å². The topological polar surface area (TPSA) is 86.8 Å². The van der Waals surface area contributed by atoms with Gasteiger partial charge < -0.3 is 10.2 Å². The molecule has 0 spiro atoms. The van der Waals surface area contributed by atoms with Gasteiger partial charge in [-0.05, 0) is 67.3 Å². The molecule has 1 atom stereocenters. The van der Waals surface area contributed by atoms with E-state index >= 15 is 0 Å². The van der Waals surface area contributed by atoms with E-state index in [2.05, 4.69) is 5.32 Å². The number of anilines is 1. The van der Waals surface area contributed by atoms with Crippen LogP contribution in [0.2, 0.25) is 5.02 Å². The zero-order chi connectivity index (χ0) is 31.7. The van der Waals surface area contributed by atoms with E-state index in [1.165, 1.54) is 29.2 Å². The number of rotatable bonds is 13. The Hall–Kier alpha value is -4.14. The van der Waals surface area contributed by atoms with Gasteiger partial charge in [-0.25, -0.2) is 8.42 Å². The average molecular weight is 632 g/mol. The second-order valence-electron chi connectivity index (χ2n) is 10.8. The Kier molecular flexibility index (Phi) is 11.2. The van der Waals surface area contributed by atoms with Crippen molar-refractivity contribution in [2.45, 2.75) is 51.1 Å². The molecule has 0 saturated carbocycles. The molecule has 44 heavy (non-hydrogen) atoms. The van der Waals surface area contributed by atoms with Gasteiger partial charge >= 0.3 is 0 Å². The zero-order valence-corrected chi connectivity index (χ0v) is 26.8. The van der Waals surface area contributed by atoms with Crippen molar-refractivity contribution in [3.63, 3.8) is 0 Å². The highest BCUT2D eigenvalue weighted by Crippen LogP contribution is 2.28. The van der Waals surface area contributed by atoms with Crippen molar-refractivity contribution >= 4 is 39.1 Å². The van der Waals surface area contributed by atoms with Crippen LogP contribution < -0.4 is 9.62 Å². The first kappa shape index (κ1) is 32.8. The number of nitrogens with one attached hydrogen (secondary N) is 1. The number of amides is 2. The first-order chi connectivity index (χ1) is 21.1. The summed E-state index contributed by atoms with van der Waals surface area (Å²) in [7, 11) is -4.19. The van der Waals surface area contributed by atoms with Gasteiger partial charge in [0.15, 0.2) is 0 Å². The molecule has 0 aromatic heterocycles. The Bertz CT molecular complexity index is 1680. The van der Waals surface area contributed by atoms with Crippen LogP contribution in [0.3, 0.4) is 0 Å². The van der Waals surface area contributed by atoms with E-state index in [1.807, 2.05) is 74.5 Å². The van der Waals surface area contributed by atoms with Crippen molar-refractivity contribution in [1.82, 2.24) is 10.2 Å². The van der Waals surface area contributed by atoms with Crippen LogP contribution in [-0.2, 0) is 32.6 Å². The molecule has 0 radical (unpaired) electrons. The van der Waals surface area contributed by atoms with E-state index in [9.17, 15) is 18.0 Å².